The molecule has 1 aliphatic carbocycles. The molecule has 0 unspecified atom stereocenters. The lowest BCUT2D eigenvalue weighted by Crippen LogP contribution is -2.41. The second-order valence-corrected chi connectivity index (χ2v) is 9.60. The van der Waals surface area contributed by atoms with Crippen LogP contribution in [0.2, 0.25) is 0 Å². The Kier molecular flexibility index (Phi) is 7.73. The zero-order chi connectivity index (χ0) is 22.5. The van der Waals surface area contributed by atoms with E-state index in [0.717, 1.165) is 69.6 Å². The highest BCUT2D eigenvalue weighted by Gasteiger charge is 2.30. The topological polar surface area (TPSA) is 87.7 Å². The van der Waals surface area contributed by atoms with Gasteiger partial charge in [-0.3, -0.25) is 9.59 Å². The third kappa shape index (κ3) is 6.04. The van der Waals surface area contributed by atoms with Crippen LogP contribution in [0.5, 0.6) is 0 Å². The van der Waals surface area contributed by atoms with Gasteiger partial charge in [-0.2, -0.15) is 0 Å². The zero-order valence-corrected chi connectivity index (χ0v) is 19.5. The minimum atomic E-state index is -0.133. The molecule has 176 valence electrons. The van der Waals surface area contributed by atoms with E-state index in [1.807, 2.05) is 0 Å². The van der Waals surface area contributed by atoms with Crippen LogP contribution in [0.25, 0.3) is 0 Å². The number of ether oxygens (including phenoxy) is 1. The van der Waals surface area contributed by atoms with E-state index in [1.165, 1.54) is 0 Å². The lowest BCUT2D eigenvalue weighted by molar-refractivity contribution is -0.121. The molecular weight excluding hydrogens is 406 g/mol. The van der Waals surface area contributed by atoms with E-state index in [9.17, 15) is 9.59 Å². The van der Waals surface area contributed by atoms with Crippen LogP contribution in [0.3, 0.4) is 0 Å². The van der Waals surface area contributed by atoms with Gasteiger partial charge in [-0.25, -0.2) is 9.97 Å². The van der Waals surface area contributed by atoms with Crippen LogP contribution in [-0.4, -0.2) is 83.1 Å². The molecule has 32 heavy (non-hydrogen) atoms. The maximum atomic E-state index is 12.9. The van der Waals surface area contributed by atoms with Crippen molar-refractivity contribution in [1.29, 1.82) is 0 Å². The van der Waals surface area contributed by atoms with Gasteiger partial charge in [-0.1, -0.05) is 0 Å². The first-order valence-electron chi connectivity index (χ1n) is 12.3. The standard InChI is InChI=1S/C24H37N5O3/c1-17(2)28-12-8-19(9-13-28)32-14-4-10-25-22(30)16-29-11-3-5-21-20(24(29)31)15-26-23(27-21)18-6-7-18/h15,17-19H,3-14,16H2,1-2H3,(H,25,30). The highest BCUT2D eigenvalue weighted by atomic mass is 16.5. The molecule has 4 rings (SSSR count). The highest BCUT2D eigenvalue weighted by molar-refractivity contribution is 5.97. The van der Waals surface area contributed by atoms with Crippen LogP contribution in [0, 0.1) is 0 Å². The molecular formula is C24H37N5O3. The number of carbonyl (C=O) groups is 2. The third-order valence-corrected chi connectivity index (χ3v) is 6.73. The van der Waals surface area contributed by atoms with Gasteiger partial charge >= 0.3 is 0 Å². The minimum absolute atomic E-state index is 0.0805. The van der Waals surface area contributed by atoms with Crippen molar-refractivity contribution in [3.8, 4) is 0 Å². The van der Waals surface area contributed by atoms with Gasteiger partial charge in [0.15, 0.2) is 0 Å². The van der Waals surface area contributed by atoms with Crippen molar-refractivity contribution in [2.24, 2.45) is 0 Å². The van der Waals surface area contributed by atoms with E-state index < -0.39 is 0 Å². The lowest BCUT2D eigenvalue weighted by atomic mass is 10.1. The number of aromatic nitrogens is 2. The number of piperidine rings is 1. The molecule has 3 heterocycles. The average molecular weight is 444 g/mol. The summed E-state index contributed by atoms with van der Waals surface area (Å²) in [6.07, 6.45) is 8.79. The van der Waals surface area contributed by atoms with E-state index in [-0.39, 0.29) is 18.4 Å². The predicted molar refractivity (Wildman–Crippen MR) is 122 cm³/mol. The monoisotopic (exact) mass is 443 g/mol. The number of amides is 2. The molecule has 0 radical (unpaired) electrons. The molecule has 1 aromatic rings. The number of fused-ring (bicyclic) bond motifs is 1. The third-order valence-electron chi connectivity index (χ3n) is 6.73. The predicted octanol–water partition coefficient (Wildman–Crippen LogP) is 2.14. The second-order valence-electron chi connectivity index (χ2n) is 9.60. The Morgan fingerprint density at radius 2 is 2.00 bits per heavy atom. The quantitative estimate of drug-likeness (QED) is 0.589. The van der Waals surface area contributed by atoms with Gasteiger partial charge in [0.1, 0.15) is 5.82 Å². The van der Waals surface area contributed by atoms with E-state index >= 15 is 0 Å². The fourth-order valence-corrected chi connectivity index (χ4v) is 4.54. The summed E-state index contributed by atoms with van der Waals surface area (Å²) >= 11 is 0. The van der Waals surface area contributed by atoms with Gasteiger partial charge in [-0.15, -0.1) is 0 Å². The van der Waals surface area contributed by atoms with E-state index in [2.05, 4.69) is 34.0 Å². The molecule has 1 saturated heterocycles. The molecule has 8 heteroatoms. The van der Waals surface area contributed by atoms with Crippen molar-refractivity contribution >= 4 is 11.8 Å². The fourth-order valence-electron chi connectivity index (χ4n) is 4.54. The van der Waals surface area contributed by atoms with Gasteiger partial charge in [0, 0.05) is 50.9 Å². The van der Waals surface area contributed by atoms with Crippen molar-refractivity contribution in [1.82, 2.24) is 25.1 Å². The van der Waals surface area contributed by atoms with Crippen LogP contribution in [0.4, 0.5) is 0 Å². The first-order valence-corrected chi connectivity index (χ1v) is 12.3. The zero-order valence-electron chi connectivity index (χ0n) is 19.5. The number of likely N-dealkylation sites (tertiary alicyclic amines) is 1. The van der Waals surface area contributed by atoms with Gasteiger partial charge in [0.2, 0.25) is 5.91 Å². The summed E-state index contributed by atoms with van der Waals surface area (Å²) in [5, 5.41) is 2.93. The summed E-state index contributed by atoms with van der Waals surface area (Å²) in [6, 6.07) is 0.600. The normalized spacial score (nSPS) is 20.3. The molecule has 8 nitrogen and oxygen atoms in total. The first-order chi connectivity index (χ1) is 15.5. The highest BCUT2D eigenvalue weighted by Crippen LogP contribution is 2.38. The van der Waals surface area contributed by atoms with Gasteiger partial charge in [-0.05, 0) is 58.8 Å². The van der Waals surface area contributed by atoms with Crippen LogP contribution >= 0.6 is 0 Å². The van der Waals surface area contributed by atoms with Crippen molar-refractivity contribution in [2.45, 2.75) is 76.9 Å². The minimum Gasteiger partial charge on any atom is -0.378 e. The van der Waals surface area contributed by atoms with E-state index in [1.54, 1.807) is 11.1 Å². The second kappa shape index (κ2) is 10.7. The number of hydrogen-bond donors (Lipinski definition) is 1. The maximum absolute atomic E-state index is 12.9. The molecule has 0 spiro atoms. The van der Waals surface area contributed by atoms with Crippen molar-refractivity contribution in [3.05, 3.63) is 23.3 Å². The molecule has 1 saturated carbocycles. The summed E-state index contributed by atoms with van der Waals surface area (Å²) in [5.74, 6) is 1.08. The number of nitrogens with zero attached hydrogens (tertiary/aromatic N) is 4. The van der Waals surface area contributed by atoms with Crippen molar-refractivity contribution in [2.75, 3.05) is 39.3 Å². The number of nitrogens with one attached hydrogen (secondary N) is 1. The molecule has 0 aromatic carbocycles. The molecule has 0 bridgehead atoms. The Labute approximate surface area is 191 Å². The van der Waals surface area contributed by atoms with Crippen LogP contribution in [-0.2, 0) is 16.0 Å². The molecule has 2 aliphatic heterocycles. The lowest BCUT2D eigenvalue weighted by Gasteiger charge is -2.34. The maximum Gasteiger partial charge on any atom is 0.257 e. The van der Waals surface area contributed by atoms with Crippen LogP contribution < -0.4 is 5.32 Å². The number of rotatable bonds is 9. The van der Waals surface area contributed by atoms with Gasteiger partial charge in [0.05, 0.1) is 23.9 Å². The largest absolute Gasteiger partial charge is 0.378 e. The average Bonchev–Trinajstić information content (AvgIpc) is 3.64. The van der Waals surface area contributed by atoms with Gasteiger partial charge < -0.3 is 19.9 Å². The van der Waals surface area contributed by atoms with E-state index in [4.69, 9.17) is 4.74 Å². The Balaban J connectivity index is 1.15. The number of aryl methyl sites for hydroxylation is 1. The molecule has 2 fully saturated rings. The number of carbonyl (C=O) groups excluding carboxylic acids is 2. The molecule has 0 atom stereocenters. The van der Waals surface area contributed by atoms with Gasteiger partial charge in [0.25, 0.3) is 5.91 Å². The Hall–Kier alpha value is -2.06. The molecule has 1 N–H and O–H groups in total. The van der Waals surface area contributed by atoms with Crippen molar-refractivity contribution in [3.63, 3.8) is 0 Å². The fraction of sp³-hybridized carbons (Fsp3) is 0.750. The van der Waals surface area contributed by atoms with Crippen LogP contribution in [0.15, 0.2) is 6.20 Å². The summed E-state index contributed by atoms with van der Waals surface area (Å²) in [7, 11) is 0. The summed E-state index contributed by atoms with van der Waals surface area (Å²) in [6.45, 7) is 8.54. The summed E-state index contributed by atoms with van der Waals surface area (Å²) < 4.78 is 5.99. The Bertz CT molecular complexity index is 803. The molecule has 1 aromatic heterocycles. The Morgan fingerprint density at radius 1 is 1.22 bits per heavy atom. The molecule has 3 aliphatic rings. The van der Waals surface area contributed by atoms with Crippen molar-refractivity contribution < 1.29 is 14.3 Å². The SMILES string of the molecule is CC(C)N1CCC(OCCCNC(=O)CN2CCCc3nc(C4CC4)ncc3C2=O)CC1. The van der Waals surface area contributed by atoms with Crippen LogP contribution in [0.1, 0.15) is 80.2 Å². The number of hydrogen-bond acceptors (Lipinski definition) is 6. The first kappa shape index (κ1) is 23.1. The summed E-state index contributed by atoms with van der Waals surface area (Å²) in [5.41, 5.74) is 1.39. The summed E-state index contributed by atoms with van der Waals surface area (Å²) in [4.78, 5) is 38.5. The molecule has 2 amide bonds. The smallest absolute Gasteiger partial charge is 0.257 e. The Morgan fingerprint density at radius 3 is 2.72 bits per heavy atom. The van der Waals surface area contributed by atoms with E-state index in [0.29, 0.717) is 43.3 Å².